The summed E-state index contributed by atoms with van der Waals surface area (Å²) < 4.78 is 0. The maximum Gasteiger partial charge on any atom is 0.249 e. The number of amides is 1. The van der Waals surface area contributed by atoms with E-state index in [4.69, 9.17) is 17.2 Å². The van der Waals surface area contributed by atoms with Crippen molar-refractivity contribution in [1.29, 1.82) is 0 Å². The zero-order chi connectivity index (χ0) is 13.1. The second-order valence-electron chi connectivity index (χ2n) is 4.03. The lowest BCUT2D eigenvalue weighted by molar-refractivity contribution is 0.100. The van der Waals surface area contributed by atoms with Gasteiger partial charge in [0.25, 0.3) is 0 Å². The van der Waals surface area contributed by atoms with E-state index in [9.17, 15) is 4.79 Å². The van der Waals surface area contributed by atoms with E-state index < -0.39 is 5.91 Å². The lowest BCUT2D eigenvalue weighted by atomic mass is 9.94. The Balaban J connectivity index is 2.67. The topological polar surface area (TPSA) is 95.1 Å². The number of carbonyl (C=O) groups excluding carboxylic acids is 1. The predicted molar refractivity (Wildman–Crippen MR) is 72.7 cm³/mol. The highest BCUT2D eigenvalue weighted by Gasteiger charge is 2.12. The maximum atomic E-state index is 11.5. The number of primary amides is 1. The number of benzene rings is 2. The third-order valence-electron chi connectivity index (χ3n) is 2.84. The van der Waals surface area contributed by atoms with Crippen LogP contribution in [-0.2, 0) is 6.54 Å². The minimum absolute atomic E-state index is 0.402. The lowest BCUT2D eigenvalue weighted by Crippen LogP contribution is -2.13. The van der Waals surface area contributed by atoms with Crippen LogP contribution in [0.4, 0.5) is 5.69 Å². The molecule has 4 nitrogen and oxygen atoms in total. The Bertz CT molecular complexity index is 593. The van der Waals surface area contributed by atoms with Gasteiger partial charge in [-0.2, -0.15) is 0 Å². The molecule has 0 heterocycles. The van der Waals surface area contributed by atoms with Gasteiger partial charge in [0.1, 0.15) is 0 Å². The van der Waals surface area contributed by atoms with Crippen molar-refractivity contribution in [2.75, 3.05) is 5.73 Å². The molecule has 0 aliphatic carbocycles. The number of carbonyl (C=O) groups is 1. The Hall–Kier alpha value is -2.33. The minimum atomic E-state index is -0.496. The fourth-order valence-electron chi connectivity index (χ4n) is 1.96. The highest BCUT2D eigenvalue weighted by atomic mass is 16.1. The van der Waals surface area contributed by atoms with Crippen molar-refractivity contribution in [2.45, 2.75) is 6.54 Å². The zero-order valence-corrected chi connectivity index (χ0v) is 9.89. The second-order valence-corrected chi connectivity index (χ2v) is 4.03. The lowest BCUT2D eigenvalue weighted by Gasteiger charge is -2.11. The highest BCUT2D eigenvalue weighted by Crippen LogP contribution is 2.28. The molecule has 0 bridgehead atoms. The van der Waals surface area contributed by atoms with Gasteiger partial charge in [-0.3, -0.25) is 4.79 Å². The number of hydrogen-bond acceptors (Lipinski definition) is 3. The van der Waals surface area contributed by atoms with Gasteiger partial charge in [-0.1, -0.05) is 30.3 Å². The summed E-state index contributed by atoms with van der Waals surface area (Å²) in [5.41, 5.74) is 20.3. The molecule has 6 N–H and O–H groups in total. The van der Waals surface area contributed by atoms with Gasteiger partial charge in [0.05, 0.1) is 0 Å². The molecule has 1 amide bonds. The van der Waals surface area contributed by atoms with Gasteiger partial charge in [0.2, 0.25) is 5.91 Å². The first-order chi connectivity index (χ1) is 8.63. The quantitative estimate of drug-likeness (QED) is 0.710. The van der Waals surface area contributed by atoms with Crippen LogP contribution in [0.5, 0.6) is 0 Å². The van der Waals surface area contributed by atoms with E-state index in [-0.39, 0.29) is 0 Å². The van der Waals surface area contributed by atoms with Crippen LogP contribution in [0.2, 0.25) is 0 Å². The summed E-state index contributed by atoms with van der Waals surface area (Å²) in [4.78, 5) is 11.5. The summed E-state index contributed by atoms with van der Waals surface area (Å²) in [5, 5.41) is 0. The first kappa shape index (κ1) is 12.1. The first-order valence-electron chi connectivity index (χ1n) is 5.61. The molecule has 0 radical (unpaired) electrons. The number of anilines is 1. The number of hydrogen-bond donors (Lipinski definition) is 3. The van der Waals surface area contributed by atoms with Crippen LogP contribution in [0, 0.1) is 0 Å². The van der Waals surface area contributed by atoms with E-state index in [1.54, 1.807) is 18.2 Å². The van der Waals surface area contributed by atoms with Crippen LogP contribution in [-0.4, -0.2) is 5.91 Å². The van der Waals surface area contributed by atoms with Gasteiger partial charge in [-0.15, -0.1) is 0 Å². The summed E-state index contributed by atoms with van der Waals surface area (Å²) in [7, 11) is 0. The van der Waals surface area contributed by atoms with Crippen LogP contribution in [0.25, 0.3) is 11.1 Å². The average molecular weight is 241 g/mol. The Labute approximate surface area is 105 Å². The fraction of sp³-hybridized carbons (Fsp3) is 0.0714. The molecule has 2 aromatic rings. The van der Waals surface area contributed by atoms with Gasteiger partial charge < -0.3 is 17.2 Å². The molecule has 4 heteroatoms. The average Bonchev–Trinajstić information content (AvgIpc) is 2.38. The van der Waals surface area contributed by atoms with Crippen LogP contribution in [0.3, 0.4) is 0 Å². The van der Waals surface area contributed by atoms with Crippen LogP contribution in [0.15, 0.2) is 42.5 Å². The van der Waals surface area contributed by atoms with E-state index in [0.29, 0.717) is 17.8 Å². The van der Waals surface area contributed by atoms with Gasteiger partial charge >= 0.3 is 0 Å². The molecule has 0 atom stereocenters. The number of rotatable bonds is 3. The van der Waals surface area contributed by atoms with Gasteiger partial charge in [0, 0.05) is 17.8 Å². The SMILES string of the molecule is NCc1ccccc1-c1ccc(N)cc1C(N)=O. The van der Waals surface area contributed by atoms with Crippen molar-refractivity contribution in [3.8, 4) is 11.1 Å². The van der Waals surface area contributed by atoms with Crippen molar-refractivity contribution < 1.29 is 4.79 Å². The van der Waals surface area contributed by atoms with Crippen LogP contribution in [0.1, 0.15) is 15.9 Å². The largest absolute Gasteiger partial charge is 0.399 e. The highest BCUT2D eigenvalue weighted by molar-refractivity contribution is 6.01. The molecule has 2 aromatic carbocycles. The third kappa shape index (κ3) is 2.19. The molecule has 0 saturated heterocycles. The van der Waals surface area contributed by atoms with Gasteiger partial charge in [-0.05, 0) is 28.8 Å². The van der Waals surface area contributed by atoms with E-state index in [0.717, 1.165) is 16.7 Å². The molecule has 0 unspecified atom stereocenters. The molecule has 0 aliphatic heterocycles. The Morgan fingerprint density at radius 3 is 2.44 bits per heavy atom. The van der Waals surface area contributed by atoms with E-state index >= 15 is 0 Å². The summed E-state index contributed by atoms with van der Waals surface area (Å²) >= 11 is 0. The zero-order valence-electron chi connectivity index (χ0n) is 9.89. The third-order valence-corrected chi connectivity index (χ3v) is 2.84. The molecule has 0 aliphatic rings. The number of nitrogen functional groups attached to an aromatic ring is 1. The monoisotopic (exact) mass is 241 g/mol. The van der Waals surface area contributed by atoms with Crippen molar-refractivity contribution in [3.05, 3.63) is 53.6 Å². The standard InChI is InChI=1S/C14H15N3O/c15-8-9-3-1-2-4-11(9)12-6-5-10(16)7-13(12)14(17)18/h1-7H,8,15-16H2,(H2,17,18). The molecule has 0 aromatic heterocycles. The molecule has 0 spiro atoms. The minimum Gasteiger partial charge on any atom is -0.399 e. The van der Waals surface area contributed by atoms with Gasteiger partial charge in [0.15, 0.2) is 0 Å². The molecule has 92 valence electrons. The van der Waals surface area contributed by atoms with Gasteiger partial charge in [-0.25, -0.2) is 0 Å². The number of nitrogens with two attached hydrogens (primary N) is 3. The predicted octanol–water partition coefficient (Wildman–Crippen LogP) is 1.49. The molecule has 0 saturated carbocycles. The Morgan fingerprint density at radius 1 is 1.06 bits per heavy atom. The van der Waals surface area contributed by atoms with Crippen LogP contribution >= 0.6 is 0 Å². The van der Waals surface area contributed by atoms with Crippen molar-refractivity contribution >= 4 is 11.6 Å². The first-order valence-corrected chi connectivity index (χ1v) is 5.61. The molecule has 18 heavy (non-hydrogen) atoms. The van der Waals surface area contributed by atoms with Crippen molar-refractivity contribution in [1.82, 2.24) is 0 Å². The molecule has 2 rings (SSSR count). The summed E-state index contributed by atoms with van der Waals surface area (Å²) in [5.74, 6) is -0.496. The van der Waals surface area contributed by atoms with Crippen LogP contribution < -0.4 is 17.2 Å². The molecular formula is C14H15N3O. The maximum absolute atomic E-state index is 11.5. The molecular weight excluding hydrogens is 226 g/mol. The van der Waals surface area contributed by atoms with Crippen molar-refractivity contribution in [2.24, 2.45) is 11.5 Å². The Morgan fingerprint density at radius 2 is 1.78 bits per heavy atom. The summed E-state index contributed by atoms with van der Waals surface area (Å²) in [6.07, 6.45) is 0. The van der Waals surface area contributed by atoms with E-state index in [1.807, 2.05) is 24.3 Å². The normalized spacial score (nSPS) is 10.3. The smallest absolute Gasteiger partial charge is 0.249 e. The van der Waals surface area contributed by atoms with Crippen molar-refractivity contribution in [3.63, 3.8) is 0 Å². The van der Waals surface area contributed by atoms with E-state index in [1.165, 1.54) is 0 Å². The Kier molecular flexibility index (Phi) is 3.30. The molecule has 0 fully saturated rings. The summed E-state index contributed by atoms with van der Waals surface area (Å²) in [6.45, 7) is 0.402. The second kappa shape index (κ2) is 4.89. The summed E-state index contributed by atoms with van der Waals surface area (Å²) in [6, 6.07) is 12.8. The fourth-order valence-corrected chi connectivity index (χ4v) is 1.96. The van der Waals surface area contributed by atoms with E-state index in [2.05, 4.69) is 0 Å².